The lowest BCUT2D eigenvalue weighted by Crippen LogP contribution is -2.55. The van der Waals surface area contributed by atoms with E-state index in [1.807, 2.05) is 52.3 Å². The molecule has 0 N–H and O–H groups in total. The zero-order valence-electron chi connectivity index (χ0n) is 21.4. The fraction of sp³-hybridized carbons (Fsp3) is 0.517. The largest absolute Gasteiger partial charge is 0.493 e. The summed E-state index contributed by atoms with van der Waals surface area (Å²) in [5.41, 5.74) is 1.84. The number of benzene rings is 2. The van der Waals surface area contributed by atoms with E-state index >= 15 is 0 Å². The molecular weight excluding hydrogens is 454 g/mol. The molecular formula is C29H37N3O4. The van der Waals surface area contributed by atoms with Gasteiger partial charge >= 0.3 is 0 Å². The number of rotatable bonds is 6. The smallest absolute Gasteiger partial charge is 0.254 e. The first-order chi connectivity index (χ1) is 17.6. The summed E-state index contributed by atoms with van der Waals surface area (Å²) in [6.07, 6.45) is 5.26. The van der Waals surface area contributed by atoms with Gasteiger partial charge in [-0.1, -0.05) is 37.1 Å². The van der Waals surface area contributed by atoms with Crippen LogP contribution in [0.3, 0.4) is 0 Å². The average molecular weight is 492 g/mol. The zero-order chi connectivity index (χ0) is 25.1. The Morgan fingerprint density at radius 3 is 2.33 bits per heavy atom. The van der Waals surface area contributed by atoms with Crippen LogP contribution >= 0.6 is 0 Å². The van der Waals surface area contributed by atoms with Gasteiger partial charge in [-0.15, -0.1) is 0 Å². The molecule has 2 saturated heterocycles. The number of carbonyl (C=O) groups is 2. The maximum atomic E-state index is 13.8. The van der Waals surface area contributed by atoms with Gasteiger partial charge in [-0.05, 0) is 55.0 Å². The first-order valence-electron chi connectivity index (χ1n) is 13.2. The van der Waals surface area contributed by atoms with Crippen molar-refractivity contribution in [2.24, 2.45) is 5.92 Å². The quantitative estimate of drug-likeness (QED) is 0.615. The lowest BCUT2D eigenvalue weighted by atomic mass is 9.84. The topological polar surface area (TPSA) is 62.3 Å². The van der Waals surface area contributed by atoms with E-state index in [2.05, 4.69) is 11.0 Å². The van der Waals surface area contributed by atoms with Crippen molar-refractivity contribution < 1.29 is 19.1 Å². The van der Waals surface area contributed by atoms with E-state index in [1.54, 1.807) is 14.2 Å². The third kappa shape index (κ3) is 4.94. The van der Waals surface area contributed by atoms with Crippen LogP contribution in [-0.2, 0) is 11.3 Å². The van der Waals surface area contributed by atoms with E-state index in [1.165, 1.54) is 6.42 Å². The van der Waals surface area contributed by atoms with Crippen molar-refractivity contribution in [3.63, 3.8) is 0 Å². The van der Waals surface area contributed by atoms with Crippen LogP contribution in [0.1, 0.15) is 48.0 Å². The van der Waals surface area contributed by atoms with Crippen LogP contribution in [0.2, 0.25) is 0 Å². The van der Waals surface area contributed by atoms with Crippen LogP contribution in [0.25, 0.3) is 0 Å². The molecule has 36 heavy (non-hydrogen) atoms. The van der Waals surface area contributed by atoms with E-state index < -0.39 is 0 Å². The van der Waals surface area contributed by atoms with E-state index in [4.69, 9.17) is 9.47 Å². The number of nitrogens with zero attached hydrogens (tertiary/aromatic N) is 3. The van der Waals surface area contributed by atoms with Crippen molar-refractivity contribution in [2.75, 3.05) is 40.4 Å². The lowest BCUT2D eigenvalue weighted by Gasteiger charge is -2.38. The number of hydrogen-bond acceptors (Lipinski definition) is 5. The van der Waals surface area contributed by atoms with E-state index in [-0.39, 0.29) is 23.9 Å². The van der Waals surface area contributed by atoms with Gasteiger partial charge in [0.2, 0.25) is 5.91 Å². The van der Waals surface area contributed by atoms with Crippen molar-refractivity contribution in [3.8, 4) is 11.5 Å². The average Bonchev–Trinajstić information content (AvgIpc) is 3.32. The Bertz CT molecular complexity index is 1070. The van der Waals surface area contributed by atoms with E-state index in [0.29, 0.717) is 24.6 Å². The van der Waals surface area contributed by atoms with Crippen LogP contribution in [-0.4, -0.2) is 79.0 Å². The Morgan fingerprint density at radius 2 is 1.61 bits per heavy atom. The summed E-state index contributed by atoms with van der Waals surface area (Å²) in [5.74, 6) is 2.03. The summed E-state index contributed by atoms with van der Waals surface area (Å²) in [5, 5.41) is 0. The molecule has 7 heteroatoms. The summed E-state index contributed by atoms with van der Waals surface area (Å²) >= 11 is 0. The van der Waals surface area contributed by atoms with Gasteiger partial charge in [-0.2, -0.15) is 0 Å². The van der Waals surface area contributed by atoms with Gasteiger partial charge in [-0.25, -0.2) is 0 Å². The third-order valence-electron chi connectivity index (χ3n) is 8.17. The molecule has 0 radical (unpaired) electrons. The molecule has 2 heterocycles. The van der Waals surface area contributed by atoms with Crippen molar-refractivity contribution in [1.82, 2.24) is 14.7 Å². The van der Waals surface area contributed by atoms with Crippen molar-refractivity contribution in [3.05, 3.63) is 59.7 Å². The molecule has 1 saturated carbocycles. The number of hydrogen-bond donors (Lipinski definition) is 0. The molecule has 1 aliphatic carbocycles. The molecule has 192 valence electrons. The van der Waals surface area contributed by atoms with Gasteiger partial charge in [0.15, 0.2) is 11.5 Å². The van der Waals surface area contributed by atoms with E-state index in [9.17, 15) is 9.59 Å². The fourth-order valence-corrected chi connectivity index (χ4v) is 6.28. The van der Waals surface area contributed by atoms with Gasteiger partial charge in [0.1, 0.15) is 6.04 Å². The minimum absolute atomic E-state index is 0.00967. The molecule has 7 nitrogen and oxygen atoms in total. The second kappa shape index (κ2) is 10.9. The first-order valence-corrected chi connectivity index (χ1v) is 13.2. The van der Waals surface area contributed by atoms with Gasteiger partial charge in [0.25, 0.3) is 5.91 Å². The van der Waals surface area contributed by atoms with Crippen molar-refractivity contribution in [2.45, 2.75) is 50.7 Å². The number of fused-ring (bicyclic) bond motifs is 1. The van der Waals surface area contributed by atoms with Gasteiger partial charge in [0, 0.05) is 44.3 Å². The molecule has 3 aliphatic rings. The number of methoxy groups -OCH3 is 2. The van der Waals surface area contributed by atoms with Crippen molar-refractivity contribution in [1.29, 1.82) is 0 Å². The monoisotopic (exact) mass is 491 g/mol. The third-order valence-corrected chi connectivity index (χ3v) is 8.17. The van der Waals surface area contributed by atoms with Gasteiger partial charge in [-0.3, -0.25) is 14.5 Å². The lowest BCUT2D eigenvalue weighted by molar-refractivity contribution is -0.137. The summed E-state index contributed by atoms with van der Waals surface area (Å²) in [6.45, 7) is 3.80. The number of likely N-dealkylation sites (tertiary alicyclic amines) is 1. The molecule has 3 atom stereocenters. The zero-order valence-corrected chi connectivity index (χ0v) is 21.4. The molecule has 0 aromatic heterocycles. The fourth-order valence-electron chi connectivity index (χ4n) is 6.28. The van der Waals surface area contributed by atoms with Crippen LogP contribution < -0.4 is 9.47 Å². The van der Waals surface area contributed by atoms with Gasteiger partial charge < -0.3 is 19.3 Å². The molecule has 3 unspecified atom stereocenters. The van der Waals surface area contributed by atoms with Crippen LogP contribution in [0, 0.1) is 5.92 Å². The molecule has 3 fully saturated rings. The molecule has 2 aromatic rings. The Morgan fingerprint density at radius 1 is 0.889 bits per heavy atom. The van der Waals surface area contributed by atoms with Crippen molar-refractivity contribution >= 4 is 11.8 Å². The predicted molar refractivity (Wildman–Crippen MR) is 138 cm³/mol. The highest BCUT2D eigenvalue weighted by Crippen LogP contribution is 2.41. The summed E-state index contributed by atoms with van der Waals surface area (Å²) in [6, 6.07) is 15.3. The van der Waals surface area contributed by atoms with Crippen LogP contribution in [0.4, 0.5) is 0 Å². The number of carbonyl (C=O) groups excluding carboxylic acids is 2. The number of piperazine rings is 1. The number of ether oxygens (including phenoxy) is 2. The maximum absolute atomic E-state index is 13.8. The first kappa shape index (κ1) is 24.6. The molecule has 2 aromatic carbocycles. The normalized spacial score (nSPS) is 24.3. The molecule has 2 amide bonds. The van der Waals surface area contributed by atoms with Crippen LogP contribution in [0.5, 0.6) is 11.5 Å². The maximum Gasteiger partial charge on any atom is 0.254 e. The molecule has 0 bridgehead atoms. The minimum atomic E-state index is -0.344. The standard InChI is InChI=1S/C29H37N3O4/c1-35-26-13-12-21(18-27(26)36-2)20-30-14-16-31(17-15-30)29(34)25-19-23-10-6-7-11-24(23)32(25)28(33)22-8-4-3-5-9-22/h3-5,8-9,12-13,18,23-25H,6-7,10-11,14-17,19-20H2,1-2H3. The Kier molecular flexibility index (Phi) is 7.46. The molecule has 2 aliphatic heterocycles. The Hall–Kier alpha value is -3.06. The SMILES string of the molecule is COc1ccc(CN2CCN(C(=O)C3CC4CCCCC4N3C(=O)c3ccccc3)CC2)cc1OC. The highest BCUT2D eigenvalue weighted by atomic mass is 16.5. The number of amides is 2. The van der Waals surface area contributed by atoms with Gasteiger partial charge in [0.05, 0.1) is 14.2 Å². The second-order valence-corrected chi connectivity index (χ2v) is 10.2. The van der Waals surface area contributed by atoms with Crippen LogP contribution in [0.15, 0.2) is 48.5 Å². The Labute approximate surface area is 214 Å². The summed E-state index contributed by atoms with van der Waals surface area (Å²) in [7, 11) is 3.29. The molecule has 0 spiro atoms. The minimum Gasteiger partial charge on any atom is -0.493 e. The highest BCUT2D eigenvalue weighted by Gasteiger charge is 2.48. The summed E-state index contributed by atoms with van der Waals surface area (Å²) in [4.78, 5) is 33.7. The van der Waals surface area contributed by atoms with E-state index in [0.717, 1.165) is 62.4 Å². The second-order valence-electron chi connectivity index (χ2n) is 10.2. The Balaban J connectivity index is 1.25. The highest BCUT2D eigenvalue weighted by molar-refractivity contribution is 5.98. The molecule has 5 rings (SSSR count). The predicted octanol–water partition coefficient (Wildman–Crippen LogP) is 3.82. The summed E-state index contributed by atoms with van der Waals surface area (Å²) < 4.78 is 10.8.